The SMILES string of the molecule is C[C@H](Cl)C(=O)N1CCC(=O)CC1. The number of piperidine rings is 1. The predicted molar refractivity (Wildman–Crippen MR) is 46.1 cm³/mol. The van der Waals surface area contributed by atoms with Crippen LogP contribution >= 0.6 is 11.6 Å². The third-order valence-corrected chi connectivity index (χ3v) is 2.16. The average Bonchev–Trinajstić information content (AvgIpc) is 2.04. The molecule has 4 heteroatoms. The Morgan fingerprint density at radius 1 is 1.50 bits per heavy atom. The molecule has 0 aromatic carbocycles. The Morgan fingerprint density at radius 2 is 2.00 bits per heavy atom. The molecule has 1 fully saturated rings. The van der Waals surface area contributed by atoms with Crippen LogP contribution in [-0.4, -0.2) is 35.1 Å². The van der Waals surface area contributed by atoms with E-state index in [1.165, 1.54) is 0 Å². The Morgan fingerprint density at radius 3 is 2.42 bits per heavy atom. The van der Waals surface area contributed by atoms with Crippen molar-refractivity contribution in [3.63, 3.8) is 0 Å². The summed E-state index contributed by atoms with van der Waals surface area (Å²) in [6.07, 6.45) is 0.963. The van der Waals surface area contributed by atoms with Crippen LogP contribution in [0.25, 0.3) is 0 Å². The maximum absolute atomic E-state index is 11.3. The zero-order chi connectivity index (χ0) is 9.14. The van der Waals surface area contributed by atoms with E-state index in [2.05, 4.69) is 0 Å². The van der Waals surface area contributed by atoms with Crippen molar-refractivity contribution in [1.82, 2.24) is 4.90 Å². The normalized spacial score (nSPS) is 20.8. The van der Waals surface area contributed by atoms with Crippen molar-refractivity contribution in [1.29, 1.82) is 0 Å². The second-order valence-corrected chi connectivity index (χ2v) is 3.63. The number of nitrogens with zero attached hydrogens (tertiary/aromatic N) is 1. The van der Waals surface area contributed by atoms with Crippen LogP contribution < -0.4 is 0 Å². The highest BCUT2D eigenvalue weighted by Crippen LogP contribution is 2.09. The molecule has 0 radical (unpaired) electrons. The van der Waals surface area contributed by atoms with E-state index in [0.717, 1.165) is 0 Å². The number of alkyl halides is 1. The summed E-state index contributed by atoms with van der Waals surface area (Å²) in [5, 5.41) is -0.474. The molecule has 68 valence electrons. The minimum atomic E-state index is -0.474. The van der Waals surface area contributed by atoms with E-state index in [1.807, 2.05) is 0 Å². The first-order valence-corrected chi connectivity index (χ1v) is 4.49. The molecule has 1 rings (SSSR count). The van der Waals surface area contributed by atoms with Crippen molar-refractivity contribution in [3.05, 3.63) is 0 Å². The summed E-state index contributed by atoms with van der Waals surface area (Å²) in [4.78, 5) is 23.8. The number of hydrogen-bond donors (Lipinski definition) is 0. The van der Waals surface area contributed by atoms with Gasteiger partial charge in [-0.05, 0) is 6.92 Å². The largest absolute Gasteiger partial charge is 0.341 e. The number of carbonyl (C=O) groups is 2. The number of Topliss-reactive ketones (excluding diaryl/α,β-unsaturated/α-hetero) is 1. The second kappa shape index (κ2) is 3.90. The number of rotatable bonds is 1. The Labute approximate surface area is 76.7 Å². The monoisotopic (exact) mass is 189 g/mol. The smallest absolute Gasteiger partial charge is 0.240 e. The maximum Gasteiger partial charge on any atom is 0.240 e. The Bertz CT molecular complexity index is 193. The van der Waals surface area contributed by atoms with Crippen LogP contribution in [0.2, 0.25) is 0 Å². The van der Waals surface area contributed by atoms with Gasteiger partial charge in [0, 0.05) is 25.9 Å². The molecule has 1 aliphatic rings. The van der Waals surface area contributed by atoms with Gasteiger partial charge in [0.2, 0.25) is 5.91 Å². The van der Waals surface area contributed by atoms with Crippen molar-refractivity contribution < 1.29 is 9.59 Å². The van der Waals surface area contributed by atoms with E-state index in [9.17, 15) is 9.59 Å². The summed E-state index contributed by atoms with van der Waals surface area (Å²) in [5.41, 5.74) is 0. The minimum absolute atomic E-state index is 0.0656. The molecule has 0 saturated carbocycles. The van der Waals surface area contributed by atoms with E-state index in [4.69, 9.17) is 11.6 Å². The molecule has 1 atom stereocenters. The highest BCUT2D eigenvalue weighted by Gasteiger charge is 2.23. The van der Waals surface area contributed by atoms with Crippen LogP contribution in [0.3, 0.4) is 0 Å². The van der Waals surface area contributed by atoms with Gasteiger partial charge in [-0.3, -0.25) is 9.59 Å². The highest BCUT2D eigenvalue weighted by atomic mass is 35.5. The van der Waals surface area contributed by atoms with Crippen molar-refractivity contribution in [3.8, 4) is 0 Å². The summed E-state index contributed by atoms with van der Waals surface area (Å²) < 4.78 is 0. The predicted octanol–water partition coefficient (Wildman–Crippen LogP) is 0.805. The van der Waals surface area contributed by atoms with E-state index in [-0.39, 0.29) is 11.7 Å². The highest BCUT2D eigenvalue weighted by molar-refractivity contribution is 6.30. The number of hydrogen-bond acceptors (Lipinski definition) is 2. The van der Waals surface area contributed by atoms with Gasteiger partial charge in [0.15, 0.2) is 0 Å². The van der Waals surface area contributed by atoms with E-state index in [0.29, 0.717) is 25.9 Å². The fourth-order valence-electron chi connectivity index (χ4n) is 1.23. The zero-order valence-corrected chi connectivity index (χ0v) is 7.80. The van der Waals surface area contributed by atoms with Crippen molar-refractivity contribution in [2.45, 2.75) is 25.1 Å². The molecule has 1 amide bonds. The van der Waals surface area contributed by atoms with Gasteiger partial charge in [0.25, 0.3) is 0 Å². The van der Waals surface area contributed by atoms with Crippen molar-refractivity contribution in [2.75, 3.05) is 13.1 Å². The second-order valence-electron chi connectivity index (χ2n) is 2.98. The molecule has 12 heavy (non-hydrogen) atoms. The quantitative estimate of drug-likeness (QED) is 0.573. The molecule has 0 bridgehead atoms. The average molecular weight is 190 g/mol. The van der Waals surface area contributed by atoms with Gasteiger partial charge in [-0.2, -0.15) is 0 Å². The lowest BCUT2D eigenvalue weighted by molar-refractivity contribution is -0.133. The van der Waals surface area contributed by atoms with Gasteiger partial charge < -0.3 is 4.90 Å². The molecule has 0 spiro atoms. The Balaban J connectivity index is 2.44. The summed E-state index contributed by atoms with van der Waals surface area (Å²) in [7, 11) is 0. The standard InChI is InChI=1S/C8H12ClNO2/c1-6(9)8(12)10-4-2-7(11)3-5-10/h6H,2-5H2,1H3/t6-/m0/s1. The third kappa shape index (κ3) is 2.21. The lowest BCUT2D eigenvalue weighted by atomic mass is 10.1. The zero-order valence-electron chi connectivity index (χ0n) is 7.05. The van der Waals surface area contributed by atoms with Crippen LogP contribution in [0.4, 0.5) is 0 Å². The first-order valence-electron chi connectivity index (χ1n) is 4.06. The Kier molecular flexibility index (Phi) is 3.09. The summed E-state index contributed by atoms with van der Waals surface area (Å²) in [6, 6.07) is 0. The molecule has 0 aromatic heterocycles. The Hall–Kier alpha value is -0.570. The molecule has 0 aromatic rings. The van der Waals surface area contributed by atoms with E-state index in [1.54, 1.807) is 11.8 Å². The van der Waals surface area contributed by atoms with E-state index >= 15 is 0 Å². The summed E-state index contributed by atoms with van der Waals surface area (Å²) in [6.45, 7) is 2.73. The van der Waals surface area contributed by atoms with Gasteiger partial charge in [0.05, 0.1) is 0 Å². The third-order valence-electron chi connectivity index (χ3n) is 1.97. The molecule has 1 saturated heterocycles. The molecule has 0 aliphatic carbocycles. The molecule has 0 unspecified atom stereocenters. The molecule has 0 N–H and O–H groups in total. The number of amides is 1. The first-order chi connectivity index (χ1) is 5.61. The first kappa shape index (κ1) is 9.52. The van der Waals surface area contributed by atoms with Crippen LogP contribution in [0.5, 0.6) is 0 Å². The molecule has 3 nitrogen and oxygen atoms in total. The van der Waals surface area contributed by atoms with E-state index < -0.39 is 5.38 Å². The lowest BCUT2D eigenvalue weighted by Gasteiger charge is -2.26. The van der Waals surface area contributed by atoms with Gasteiger partial charge in [-0.15, -0.1) is 11.6 Å². The van der Waals surface area contributed by atoms with Gasteiger partial charge in [-0.1, -0.05) is 0 Å². The number of carbonyl (C=O) groups excluding carboxylic acids is 2. The molecule has 1 aliphatic heterocycles. The van der Waals surface area contributed by atoms with Crippen LogP contribution in [0, 0.1) is 0 Å². The number of ketones is 1. The summed E-state index contributed by atoms with van der Waals surface area (Å²) >= 11 is 5.62. The van der Waals surface area contributed by atoms with Crippen LogP contribution in [0.15, 0.2) is 0 Å². The molecular formula is C8H12ClNO2. The van der Waals surface area contributed by atoms with Gasteiger partial charge in [0.1, 0.15) is 11.2 Å². The van der Waals surface area contributed by atoms with Crippen molar-refractivity contribution >= 4 is 23.3 Å². The minimum Gasteiger partial charge on any atom is -0.341 e. The van der Waals surface area contributed by atoms with Gasteiger partial charge in [-0.25, -0.2) is 0 Å². The number of halogens is 1. The molecular weight excluding hydrogens is 178 g/mol. The lowest BCUT2D eigenvalue weighted by Crippen LogP contribution is -2.41. The fourth-order valence-corrected chi connectivity index (χ4v) is 1.37. The van der Waals surface area contributed by atoms with Gasteiger partial charge >= 0.3 is 0 Å². The van der Waals surface area contributed by atoms with Crippen LogP contribution in [0.1, 0.15) is 19.8 Å². The molecule has 1 heterocycles. The number of likely N-dealkylation sites (tertiary alicyclic amines) is 1. The topological polar surface area (TPSA) is 37.4 Å². The fraction of sp³-hybridized carbons (Fsp3) is 0.750. The summed E-state index contributed by atoms with van der Waals surface area (Å²) in [5.74, 6) is 0.172. The van der Waals surface area contributed by atoms with Crippen LogP contribution in [-0.2, 0) is 9.59 Å². The van der Waals surface area contributed by atoms with Crippen molar-refractivity contribution in [2.24, 2.45) is 0 Å². The maximum atomic E-state index is 11.3.